The van der Waals surface area contributed by atoms with Crippen LogP contribution in [0.2, 0.25) is 0 Å². The van der Waals surface area contributed by atoms with Crippen molar-refractivity contribution in [2.45, 2.75) is 69.6 Å². The summed E-state index contributed by atoms with van der Waals surface area (Å²) in [6, 6.07) is 6.93. The molecule has 0 spiro atoms. The van der Waals surface area contributed by atoms with Crippen molar-refractivity contribution in [1.82, 2.24) is 20.4 Å². The van der Waals surface area contributed by atoms with E-state index in [-0.39, 0.29) is 17.7 Å². The number of rotatable bonds is 4. The second-order valence-electron chi connectivity index (χ2n) is 9.54. The summed E-state index contributed by atoms with van der Waals surface area (Å²) in [7, 11) is 1.92. The van der Waals surface area contributed by atoms with Gasteiger partial charge in [-0.15, -0.1) is 0 Å². The summed E-state index contributed by atoms with van der Waals surface area (Å²) in [5.41, 5.74) is 2.97. The van der Waals surface area contributed by atoms with Gasteiger partial charge in [0.05, 0.1) is 29.3 Å². The fourth-order valence-electron chi connectivity index (χ4n) is 5.41. The zero-order valence-corrected chi connectivity index (χ0v) is 19.0. The van der Waals surface area contributed by atoms with Crippen molar-refractivity contribution in [2.24, 2.45) is 7.05 Å². The lowest BCUT2D eigenvalue weighted by molar-refractivity contribution is -0.134. The summed E-state index contributed by atoms with van der Waals surface area (Å²) >= 11 is 0. The molecule has 1 aromatic heterocycles. The van der Waals surface area contributed by atoms with E-state index in [2.05, 4.69) is 45.8 Å². The number of nitrogens with one attached hydrogen (secondary N) is 2. The van der Waals surface area contributed by atoms with Gasteiger partial charge in [0, 0.05) is 43.7 Å². The van der Waals surface area contributed by atoms with Gasteiger partial charge in [0.25, 0.3) is 0 Å². The molecule has 3 atom stereocenters. The molecule has 4 heterocycles. The zero-order chi connectivity index (χ0) is 22.2. The highest BCUT2D eigenvalue weighted by Gasteiger charge is 2.32. The number of fused-ring (bicyclic) bond motifs is 1. The molecule has 0 radical (unpaired) electrons. The van der Waals surface area contributed by atoms with Gasteiger partial charge in [-0.25, -0.2) is 0 Å². The summed E-state index contributed by atoms with van der Waals surface area (Å²) in [6.45, 7) is 5.25. The third-order valence-corrected chi connectivity index (χ3v) is 7.20. The normalized spacial score (nSPS) is 27.7. The van der Waals surface area contributed by atoms with Crippen molar-refractivity contribution < 1.29 is 14.3 Å². The van der Waals surface area contributed by atoms with Crippen LogP contribution in [0.4, 0.5) is 5.69 Å². The van der Waals surface area contributed by atoms with E-state index in [1.165, 1.54) is 5.69 Å². The highest BCUT2D eigenvalue weighted by molar-refractivity contribution is 6.02. The van der Waals surface area contributed by atoms with Crippen molar-refractivity contribution in [3.05, 3.63) is 23.9 Å². The van der Waals surface area contributed by atoms with Crippen LogP contribution in [0.15, 0.2) is 18.2 Å². The maximum absolute atomic E-state index is 12.4. The van der Waals surface area contributed by atoms with Crippen LogP contribution in [0.3, 0.4) is 0 Å². The number of imide groups is 1. The number of anilines is 1. The minimum absolute atomic E-state index is 0.198. The van der Waals surface area contributed by atoms with E-state index < -0.39 is 0 Å². The molecule has 0 saturated carbocycles. The standard InChI is InChI=1S/C24H33N5O3/c1-15-13-18(7-10-25-15)32-17-8-11-29(12-9-17)16-3-4-19-21(14-16)28(2)27-23(19)20-5-6-22(30)26-24(20)31/h3-4,14-15,17-18,20,25H,5-13H2,1-2H3,(H,26,30,31)/t15-,18+,20?/m0/s1. The van der Waals surface area contributed by atoms with Crippen molar-refractivity contribution in [1.29, 1.82) is 0 Å². The van der Waals surface area contributed by atoms with E-state index in [1.54, 1.807) is 0 Å². The highest BCUT2D eigenvalue weighted by Crippen LogP contribution is 2.33. The summed E-state index contributed by atoms with van der Waals surface area (Å²) in [6.07, 6.45) is 5.92. The van der Waals surface area contributed by atoms with Crippen LogP contribution in [0, 0.1) is 0 Å². The van der Waals surface area contributed by atoms with E-state index in [0.29, 0.717) is 31.1 Å². The Morgan fingerprint density at radius 1 is 1.09 bits per heavy atom. The molecule has 1 aromatic carbocycles. The smallest absolute Gasteiger partial charge is 0.235 e. The van der Waals surface area contributed by atoms with E-state index in [4.69, 9.17) is 4.74 Å². The van der Waals surface area contributed by atoms with Gasteiger partial charge in [-0.2, -0.15) is 5.10 Å². The molecule has 2 N–H and O–H groups in total. The molecular weight excluding hydrogens is 406 g/mol. The number of amides is 2. The molecule has 0 bridgehead atoms. The van der Waals surface area contributed by atoms with Crippen LogP contribution < -0.4 is 15.5 Å². The Balaban J connectivity index is 1.26. The van der Waals surface area contributed by atoms with Gasteiger partial charge in [0.2, 0.25) is 11.8 Å². The number of piperidine rings is 3. The number of nitrogens with zero attached hydrogens (tertiary/aromatic N) is 3. The lowest BCUT2D eigenvalue weighted by Gasteiger charge is -2.37. The van der Waals surface area contributed by atoms with Gasteiger partial charge in [0.1, 0.15) is 0 Å². The molecule has 32 heavy (non-hydrogen) atoms. The number of aryl methyl sites for hydroxylation is 1. The maximum atomic E-state index is 12.4. The summed E-state index contributed by atoms with van der Waals surface area (Å²) in [4.78, 5) is 26.3. The van der Waals surface area contributed by atoms with Crippen LogP contribution in [-0.4, -0.2) is 59.5 Å². The lowest BCUT2D eigenvalue weighted by atomic mass is 9.92. The molecule has 8 heteroatoms. The summed E-state index contributed by atoms with van der Waals surface area (Å²) in [5, 5.41) is 11.6. The first-order valence-corrected chi connectivity index (χ1v) is 11.9. The number of ether oxygens (including phenoxy) is 1. The second-order valence-corrected chi connectivity index (χ2v) is 9.54. The first kappa shape index (κ1) is 21.4. The molecular formula is C24H33N5O3. The van der Waals surface area contributed by atoms with E-state index >= 15 is 0 Å². The van der Waals surface area contributed by atoms with Crippen molar-refractivity contribution in [2.75, 3.05) is 24.5 Å². The van der Waals surface area contributed by atoms with Crippen LogP contribution in [0.5, 0.6) is 0 Å². The predicted molar refractivity (Wildman–Crippen MR) is 123 cm³/mol. The van der Waals surface area contributed by atoms with Crippen LogP contribution >= 0.6 is 0 Å². The molecule has 0 aliphatic carbocycles. The third-order valence-electron chi connectivity index (χ3n) is 7.20. The Morgan fingerprint density at radius 3 is 2.66 bits per heavy atom. The van der Waals surface area contributed by atoms with Gasteiger partial charge in [-0.3, -0.25) is 19.6 Å². The van der Waals surface area contributed by atoms with Crippen LogP contribution in [0.25, 0.3) is 10.9 Å². The quantitative estimate of drug-likeness (QED) is 0.711. The SMILES string of the molecule is C[C@H]1C[C@H](OC2CCN(c3ccc4c(C5CCC(=O)NC5=O)nn(C)c4c3)CC2)CCN1. The Labute approximate surface area is 188 Å². The fraction of sp³-hybridized carbons (Fsp3) is 0.625. The van der Waals surface area contributed by atoms with E-state index in [9.17, 15) is 9.59 Å². The van der Waals surface area contributed by atoms with Gasteiger partial charge in [0.15, 0.2) is 0 Å². The van der Waals surface area contributed by atoms with E-state index in [0.717, 1.165) is 61.9 Å². The zero-order valence-electron chi connectivity index (χ0n) is 19.0. The topological polar surface area (TPSA) is 88.5 Å². The Bertz CT molecular complexity index is 1010. The Hall–Kier alpha value is -2.45. The molecule has 3 aliphatic rings. The largest absolute Gasteiger partial charge is 0.375 e. The number of carbonyl (C=O) groups excluding carboxylic acids is 2. The minimum atomic E-state index is -0.368. The molecule has 2 aromatic rings. The minimum Gasteiger partial charge on any atom is -0.375 e. The predicted octanol–water partition coefficient (Wildman–Crippen LogP) is 2.22. The molecule has 1 unspecified atom stereocenters. The monoisotopic (exact) mass is 439 g/mol. The average Bonchev–Trinajstić information content (AvgIpc) is 3.10. The van der Waals surface area contributed by atoms with Crippen molar-refractivity contribution in [3.63, 3.8) is 0 Å². The molecule has 3 saturated heterocycles. The number of carbonyl (C=O) groups is 2. The van der Waals surface area contributed by atoms with E-state index in [1.807, 2.05) is 11.7 Å². The highest BCUT2D eigenvalue weighted by atomic mass is 16.5. The fourth-order valence-corrected chi connectivity index (χ4v) is 5.41. The second kappa shape index (κ2) is 8.83. The molecule has 5 rings (SSSR count). The first-order valence-electron chi connectivity index (χ1n) is 11.9. The average molecular weight is 440 g/mol. The molecule has 2 amide bonds. The number of hydrogen-bond acceptors (Lipinski definition) is 6. The molecule has 3 fully saturated rings. The first-order chi connectivity index (χ1) is 15.5. The lowest BCUT2D eigenvalue weighted by Crippen LogP contribution is -2.43. The number of aromatic nitrogens is 2. The van der Waals surface area contributed by atoms with Crippen LogP contribution in [-0.2, 0) is 21.4 Å². The molecule has 8 nitrogen and oxygen atoms in total. The van der Waals surface area contributed by atoms with Crippen LogP contribution in [0.1, 0.15) is 57.1 Å². The van der Waals surface area contributed by atoms with Crippen molar-refractivity contribution in [3.8, 4) is 0 Å². The molecule has 172 valence electrons. The summed E-state index contributed by atoms with van der Waals surface area (Å²) < 4.78 is 8.27. The maximum Gasteiger partial charge on any atom is 0.235 e. The summed E-state index contributed by atoms with van der Waals surface area (Å²) in [5.74, 6) is -0.806. The molecule has 3 aliphatic heterocycles. The Morgan fingerprint density at radius 2 is 1.91 bits per heavy atom. The van der Waals surface area contributed by atoms with Gasteiger partial charge in [-0.1, -0.05) is 0 Å². The van der Waals surface area contributed by atoms with Gasteiger partial charge < -0.3 is 15.0 Å². The van der Waals surface area contributed by atoms with Crippen molar-refractivity contribution >= 4 is 28.4 Å². The number of benzene rings is 1. The van der Waals surface area contributed by atoms with Gasteiger partial charge >= 0.3 is 0 Å². The number of hydrogen-bond donors (Lipinski definition) is 2. The Kier molecular flexibility index (Phi) is 5.90. The van der Waals surface area contributed by atoms with Gasteiger partial charge in [-0.05, 0) is 63.8 Å². The third kappa shape index (κ3) is 4.26.